The van der Waals surface area contributed by atoms with Crippen LogP contribution in [0.4, 0.5) is 17.5 Å². The van der Waals surface area contributed by atoms with Gasteiger partial charge in [0.05, 0.1) is 0 Å². The fourth-order valence-electron chi connectivity index (χ4n) is 2.96. The Morgan fingerprint density at radius 1 is 0.923 bits per heavy atom. The molecule has 0 saturated carbocycles. The lowest BCUT2D eigenvalue weighted by Crippen LogP contribution is -2.07. The summed E-state index contributed by atoms with van der Waals surface area (Å²) >= 11 is 0. The summed E-state index contributed by atoms with van der Waals surface area (Å²) in [6.07, 6.45) is 0. The van der Waals surface area contributed by atoms with Crippen LogP contribution in [0, 0.1) is 13.8 Å². The number of hydrogen-bond acceptors (Lipinski definition) is 4. The van der Waals surface area contributed by atoms with Crippen molar-refractivity contribution in [3.05, 3.63) is 77.0 Å². The summed E-state index contributed by atoms with van der Waals surface area (Å²) in [5.74, 6) is 1.89. The van der Waals surface area contributed by atoms with Gasteiger partial charge >= 0.3 is 0 Å². The van der Waals surface area contributed by atoms with E-state index in [4.69, 9.17) is 0 Å². The first kappa shape index (κ1) is 17.9. The van der Waals surface area contributed by atoms with Gasteiger partial charge in [0.2, 0.25) is 5.95 Å². The van der Waals surface area contributed by atoms with Crippen LogP contribution < -0.4 is 10.6 Å². The minimum atomic E-state index is 0.441. The maximum Gasteiger partial charge on any atom is 0.225 e. The van der Waals surface area contributed by atoms with Gasteiger partial charge in [0.1, 0.15) is 5.82 Å². The molecule has 2 N–H and O–H groups in total. The van der Waals surface area contributed by atoms with E-state index >= 15 is 0 Å². The summed E-state index contributed by atoms with van der Waals surface area (Å²) in [6.45, 7) is 9.22. The van der Waals surface area contributed by atoms with Crippen molar-refractivity contribution in [3.8, 4) is 0 Å². The predicted molar refractivity (Wildman–Crippen MR) is 109 cm³/mol. The molecule has 26 heavy (non-hydrogen) atoms. The van der Waals surface area contributed by atoms with Crippen molar-refractivity contribution < 1.29 is 0 Å². The van der Waals surface area contributed by atoms with Crippen molar-refractivity contribution in [3.63, 3.8) is 0 Å². The van der Waals surface area contributed by atoms with Gasteiger partial charge in [-0.05, 0) is 36.5 Å². The third kappa shape index (κ3) is 4.39. The van der Waals surface area contributed by atoms with Crippen LogP contribution in [0.1, 0.15) is 42.1 Å². The van der Waals surface area contributed by atoms with E-state index in [0.29, 0.717) is 18.4 Å². The van der Waals surface area contributed by atoms with E-state index in [2.05, 4.69) is 71.7 Å². The Morgan fingerprint density at radius 3 is 2.42 bits per heavy atom. The molecule has 0 radical (unpaired) electrons. The Bertz CT molecular complexity index is 873. The zero-order valence-corrected chi connectivity index (χ0v) is 15.9. The highest BCUT2D eigenvalue weighted by Gasteiger charge is 2.11. The van der Waals surface area contributed by atoms with E-state index in [-0.39, 0.29) is 0 Å². The third-order valence-corrected chi connectivity index (χ3v) is 4.33. The highest BCUT2D eigenvalue weighted by Crippen LogP contribution is 2.30. The second-order valence-corrected chi connectivity index (χ2v) is 6.88. The van der Waals surface area contributed by atoms with Crippen LogP contribution in [0.3, 0.4) is 0 Å². The molecule has 0 spiro atoms. The number of aromatic nitrogens is 2. The minimum Gasteiger partial charge on any atom is -0.350 e. The summed E-state index contributed by atoms with van der Waals surface area (Å²) in [6, 6.07) is 18.6. The monoisotopic (exact) mass is 346 g/mol. The predicted octanol–water partition coefficient (Wildman–Crippen LogP) is 5.57. The summed E-state index contributed by atoms with van der Waals surface area (Å²) < 4.78 is 0. The molecular weight excluding hydrogens is 320 g/mol. The molecule has 0 fully saturated rings. The molecule has 134 valence electrons. The van der Waals surface area contributed by atoms with Gasteiger partial charge in [-0.1, -0.05) is 62.4 Å². The molecule has 3 aromatic rings. The number of nitrogens with zero attached hydrogens (tertiary/aromatic N) is 2. The molecule has 1 aromatic heterocycles. The van der Waals surface area contributed by atoms with Crippen LogP contribution in [0.2, 0.25) is 0 Å². The van der Waals surface area contributed by atoms with Crippen molar-refractivity contribution >= 4 is 17.5 Å². The maximum atomic E-state index is 4.65. The molecule has 0 amide bonds. The lowest BCUT2D eigenvalue weighted by Gasteiger charge is -2.17. The molecule has 0 bridgehead atoms. The number of nitrogens with one attached hydrogen (secondary N) is 2. The second kappa shape index (κ2) is 8.00. The molecule has 0 atom stereocenters. The van der Waals surface area contributed by atoms with Crippen molar-refractivity contribution in [2.75, 3.05) is 10.6 Å². The normalized spacial score (nSPS) is 10.8. The maximum absolute atomic E-state index is 4.65. The summed E-state index contributed by atoms with van der Waals surface area (Å²) in [4.78, 5) is 9.16. The average Bonchev–Trinajstić information content (AvgIpc) is 2.62. The molecule has 0 aliphatic carbocycles. The third-order valence-electron chi connectivity index (χ3n) is 4.33. The molecule has 0 saturated heterocycles. The van der Waals surface area contributed by atoms with Gasteiger partial charge in [-0.2, -0.15) is 4.98 Å². The van der Waals surface area contributed by atoms with Gasteiger partial charge in [-0.15, -0.1) is 0 Å². The van der Waals surface area contributed by atoms with Crippen molar-refractivity contribution in [2.24, 2.45) is 0 Å². The SMILES string of the molecule is Cc1cc(Nc2c(C)cccc2C(C)C)nc(NCc2ccccc2)n1. The first-order valence-corrected chi connectivity index (χ1v) is 9.03. The van der Waals surface area contributed by atoms with E-state index in [9.17, 15) is 0 Å². The largest absolute Gasteiger partial charge is 0.350 e. The van der Waals surface area contributed by atoms with Crippen LogP contribution in [0.25, 0.3) is 0 Å². The molecule has 0 unspecified atom stereocenters. The van der Waals surface area contributed by atoms with Gasteiger partial charge in [0.25, 0.3) is 0 Å². The van der Waals surface area contributed by atoms with Gasteiger partial charge in [0.15, 0.2) is 0 Å². The topological polar surface area (TPSA) is 49.8 Å². The summed E-state index contributed by atoms with van der Waals surface area (Å²) in [5, 5.41) is 6.83. The smallest absolute Gasteiger partial charge is 0.225 e. The Labute approximate surface area is 155 Å². The Balaban J connectivity index is 1.82. The average molecular weight is 346 g/mol. The summed E-state index contributed by atoms with van der Waals surface area (Å²) in [7, 11) is 0. The zero-order chi connectivity index (χ0) is 18.5. The van der Waals surface area contributed by atoms with Crippen molar-refractivity contribution in [2.45, 2.75) is 40.2 Å². The van der Waals surface area contributed by atoms with Crippen LogP contribution in [0.15, 0.2) is 54.6 Å². The van der Waals surface area contributed by atoms with Gasteiger partial charge < -0.3 is 10.6 Å². The first-order chi connectivity index (χ1) is 12.5. The zero-order valence-electron chi connectivity index (χ0n) is 15.9. The van der Waals surface area contributed by atoms with Gasteiger partial charge in [0, 0.05) is 24.0 Å². The van der Waals surface area contributed by atoms with Crippen LogP contribution in [-0.4, -0.2) is 9.97 Å². The Hall–Kier alpha value is -2.88. The lowest BCUT2D eigenvalue weighted by molar-refractivity contribution is 0.867. The van der Waals surface area contributed by atoms with Crippen LogP contribution in [-0.2, 0) is 6.54 Å². The first-order valence-electron chi connectivity index (χ1n) is 9.03. The molecule has 2 aromatic carbocycles. The van der Waals surface area contributed by atoms with E-state index in [1.54, 1.807) is 0 Å². The Morgan fingerprint density at radius 2 is 1.69 bits per heavy atom. The summed E-state index contributed by atoms with van der Waals surface area (Å²) in [5.41, 5.74) is 5.77. The van der Waals surface area contributed by atoms with Crippen LogP contribution >= 0.6 is 0 Å². The fraction of sp³-hybridized carbons (Fsp3) is 0.273. The minimum absolute atomic E-state index is 0.441. The van der Waals surface area contributed by atoms with Crippen molar-refractivity contribution in [1.29, 1.82) is 0 Å². The van der Waals surface area contributed by atoms with Crippen LogP contribution in [0.5, 0.6) is 0 Å². The molecule has 4 nitrogen and oxygen atoms in total. The highest BCUT2D eigenvalue weighted by atomic mass is 15.1. The molecule has 3 rings (SSSR count). The molecule has 1 heterocycles. The highest BCUT2D eigenvalue weighted by molar-refractivity contribution is 5.66. The van der Waals surface area contributed by atoms with E-state index in [0.717, 1.165) is 17.2 Å². The Kier molecular flexibility index (Phi) is 5.52. The van der Waals surface area contributed by atoms with E-state index < -0.39 is 0 Å². The molecule has 0 aliphatic rings. The molecule has 0 aliphatic heterocycles. The standard InChI is InChI=1S/C22H26N4/c1-15(2)19-12-8-9-16(3)21(19)25-20-13-17(4)24-22(26-20)23-14-18-10-6-5-7-11-18/h5-13,15H,14H2,1-4H3,(H2,23,24,25,26). The molecule has 4 heteroatoms. The number of para-hydroxylation sites is 1. The fourth-order valence-corrected chi connectivity index (χ4v) is 2.96. The van der Waals surface area contributed by atoms with E-state index in [1.165, 1.54) is 16.7 Å². The van der Waals surface area contributed by atoms with Crippen molar-refractivity contribution in [1.82, 2.24) is 9.97 Å². The van der Waals surface area contributed by atoms with E-state index in [1.807, 2.05) is 31.2 Å². The second-order valence-electron chi connectivity index (χ2n) is 6.88. The lowest BCUT2D eigenvalue weighted by atomic mass is 9.98. The number of benzene rings is 2. The van der Waals surface area contributed by atoms with Gasteiger partial charge in [-0.3, -0.25) is 0 Å². The van der Waals surface area contributed by atoms with Gasteiger partial charge in [-0.25, -0.2) is 4.98 Å². The number of anilines is 3. The number of hydrogen-bond donors (Lipinski definition) is 2. The molecular formula is C22H26N4. The quantitative estimate of drug-likeness (QED) is 0.612. The number of aryl methyl sites for hydroxylation is 2. The number of rotatable bonds is 6.